The lowest BCUT2D eigenvalue weighted by molar-refractivity contribution is -0.116. The lowest BCUT2D eigenvalue weighted by Crippen LogP contribution is -2.13. The molecule has 0 aromatic carbocycles. The van der Waals surface area contributed by atoms with Crippen LogP contribution < -0.4 is 0 Å². The number of thioether (sulfide) groups is 1. The van der Waals surface area contributed by atoms with Gasteiger partial charge in [0.1, 0.15) is 17.9 Å². The van der Waals surface area contributed by atoms with Gasteiger partial charge in [0.15, 0.2) is 0 Å². The van der Waals surface area contributed by atoms with Crippen LogP contribution in [0, 0.1) is 5.92 Å². The summed E-state index contributed by atoms with van der Waals surface area (Å²) in [5.41, 5.74) is 0. The highest BCUT2D eigenvalue weighted by molar-refractivity contribution is 7.99. The highest BCUT2D eigenvalue weighted by Gasteiger charge is 2.10. The fourth-order valence-electron chi connectivity index (χ4n) is 1.46. The van der Waals surface area contributed by atoms with E-state index in [4.69, 9.17) is 0 Å². The lowest BCUT2D eigenvalue weighted by Gasteiger charge is -2.05. The molecule has 0 aliphatic carbocycles. The molecule has 5 heteroatoms. The van der Waals surface area contributed by atoms with Gasteiger partial charge in [-0.1, -0.05) is 20.8 Å². The third kappa shape index (κ3) is 5.35. The van der Waals surface area contributed by atoms with Crippen LogP contribution in [-0.2, 0) is 17.8 Å². The van der Waals surface area contributed by atoms with Crippen molar-refractivity contribution in [2.75, 3.05) is 11.5 Å². The molecular formula is C12H21N3OS. The van der Waals surface area contributed by atoms with Crippen molar-refractivity contribution in [3.63, 3.8) is 0 Å². The number of Topliss-reactive ketones (excluding diaryl/α,β-unsaturated/α-hetero) is 1. The van der Waals surface area contributed by atoms with Crippen molar-refractivity contribution < 1.29 is 4.79 Å². The van der Waals surface area contributed by atoms with Gasteiger partial charge in [0.05, 0.1) is 12.2 Å². The fourth-order valence-corrected chi connectivity index (χ4v) is 2.38. The Balaban J connectivity index is 2.37. The van der Waals surface area contributed by atoms with Crippen LogP contribution in [0.1, 0.15) is 33.0 Å². The standard InChI is InChI=1S/C12H21N3OS/c1-4-5-15-12(13-9-14-15)6-11(16)8-17-7-10(2)3/h9-10H,4-8H2,1-3H3. The molecule has 17 heavy (non-hydrogen) atoms. The van der Waals surface area contributed by atoms with Gasteiger partial charge in [-0.15, -0.1) is 0 Å². The van der Waals surface area contributed by atoms with Crippen molar-refractivity contribution in [1.82, 2.24) is 14.8 Å². The molecule has 1 rings (SSSR count). The van der Waals surface area contributed by atoms with Gasteiger partial charge in [-0.2, -0.15) is 16.9 Å². The molecular weight excluding hydrogens is 234 g/mol. The molecule has 0 N–H and O–H groups in total. The number of aryl methyl sites for hydroxylation is 1. The van der Waals surface area contributed by atoms with E-state index < -0.39 is 0 Å². The number of hydrogen-bond donors (Lipinski definition) is 0. The second-order valence-corrected chi connectivity index (χ2v) is 5.55. The first kappa shape index (κ1) is 14.2. The maximum Gasteiger partial charge on any atom is 0.150 e. The van der Waals surface area contributed by atoms with E-state index in [1.165, 1.54) is 6.33 Å². The summed E-state index contributed by atoms with van der Waals surface area (Å²) in [6.45, 7) is 7.25. The summed E-state index contributed by atoms with van der Waals surface area (Å²) in [7, 11) is 0. The largest absolute Gasteiger partial charge is 0.298 e. The predicted octanol–water partition coefficient (Wildman–Crippen LogP) is 2.19. The van der Waals surface area contributed by atoms with Gasteiger partial charge in [-0.3, -0.25) is 4.79 Å². The highest BCUT2D eigenvalue weighted by Crippen LogP contribution is 2.08. The minimum Gasteiger partial charge on any atom is -0.298 e. The van der Waals surface area contributed by atoms with Crippen LogP contribution in [0.2, 0.25) is 0 Å². The molecule has 1 aromatic rings. The number of ketones is 1. The van der Waals surface area contributed by atoms with Crippen molar-refractivity contribution in [2.45, 2.75) is 40.2 Å². The van der Waals surface area contributed by atoms with Crippen LogP contribution in [0.5, 0.6) is 0 Å². The molecule has 0 spiro atoms. The van der Waals surface area contributed by atoms with Crippen LogP contribution in [0.25, 0.3) is 0 Å². The van der Waals surface area contributed by atoms with Gasteiger partial charge in [-0.25, -0.2) is 9.67 Å². The molecule has 1 heterocycles. The Bertz CT molecular complexity index is 349. The Morgan fingerprint density at radius 1 is 1.53 bits per heavy atom. The molecule has 0 radical (unpaired) electrons. The smallest absolute Gasteiger partial charge is 0.150 e. The number of nitrogens with zero attached hydrogens (tertiary/aromatic N) is 3. The first-order chi connectivity index (χ1) is 8.13. The number of aromatic nitrogens is 3. The maximum absolute atomic E-state index is 11.7. The summed E-state index contributed by atoms with van der Waals surface area (Å²) in [6, 6.07) is 0. The van der Waals surface area contributed by atoms with Crippen LogP contribution in [0.3, 0.4) is 0 Å². The molecule has 0 amide bonds. The van der Waals surface area contributed by atoms with Crippen molar-refractivity contribution in [1.29, 1.82) is 0 Å². The fraction of sp³-hybridized carbons (Fsp3) is 0.750. The van der Waals surface area contributed by atoms with Gasteiger partial charge < -0.3 is 0 Å². The summed E-state index contributed by atoms with van der Waals surface area (Å²) < 4.78 is 1.82. The van der Waals surface area contributed by atoms with E-state index >= 15 is 0 Å². The van der Waals surface area contributed by atoms with Gasteiger partial charge in [0.25, 0.3) is 0 Å². The molecule has 4 nitrogen and oxygen atoms in total. The van der Waals surface area contributed by atoms with Gasteiger partial charge in [0.2, 0.25) is 0 Å². The third-order valence-corrected chi connectivity index (χ3v) is 3.63. The zero-order valence-corrected chi connectivity index (χ0v) is 11.7. The van der Waals surface area contributed by atoms with Gasteiger partial charge >= 0.3 is 0 Å². The monoisotopic (exact) mass is 255 g/mol. The van der Waals surface area contributed by atoms with Gasteiger partial charge in [-0.05, 0) is 18.1 Å². The highest BCUT2D eigenvalue weighted by atomic mass is 32.2. The number of carbonyl (C=O) groups excluding carboxylic acids is 1. The van der Waals surface area contributed by atoms with Crippen LogP contribution >= 0.6 is 11.8 Å². The molecule has 0 aliphatic rings. The molecule has 0 saturated heterocycles. The van der Waals surface area contributed by atoms with Crippen LogP contribution in [-0.4, -0.2) is 32.1 Å². The van der Waals surface area contributed by atoms with Crippen molar-refractivity contribution >= 4 is 17.5 Å². The summed E-state index contributed by atoms with van der Waals surface area (Å²) in [4.78, 5) is 15.9. The van der Waals surface area contributed by atoms with Crippen molar-refractivity contribution in [3.8, 4) is 0 Å². The minimum atomic E-state index is 0.237. The lowest BCUT2D eigenvalue weighted by atomic mass is 10.3. The molecule has 0 aliphatic heterocycles. The summed E-state index contributed by atoms with van der Waals surface area (Å²) in [5.74, 6) is 3.28. The Morgan fingerprint density at radius 2 is 2.29 bits per heavy atom. The second-order valence-electron chi connectivity index (χ2n) is 4.52. The minimum absolute atomic E-state index is 0.237. The second kappa shape index (κ2) is 7.48. The van der Waals surface area contributed by atoms with Crippen molar-refractivity contribution in [3.05, 3.63) is 12.2 Å². The molecule has 0 saturated carbocycles. The van der Waals surface area contributed by atoms with E-state index in [0.717, 1.165) is 24.5 Å². The van der Waals surface area contributed by atoms with Crippen LogP contribution in [0.15, 0.2) is 6.33 Å². The van der Waals surface area contributed by atoms with E-state index in [9.17, 15) is 4.79 Å². The average molecular weight is 255 g/mol. The van der Waals surface area contributed by atoms with E-state index in [-0.39, 0.29) is 5.78 Å². The van der Waals surface area contributed by atoms with Crippen molar-refractivity contribution in [2.24, 2.45) is 5.92 Å². The predicted molar refractivity (Wildman–Crippen MR) is 71.2 cm³/mol. The van der Waals surface area contributed by atoms with E-state index in [0.29, 0.717) is 18.1 Å². The Labute approximate surface area is 107 Å². The third-order valence-electron chi connectivity index (χ3n) is 2.20. The summed E-state index contributed by atoms with van der Waals surface area (Å²) in [5, 5.41) is 4.11. The molecule has 0 fully saturated rings. The molecule has 0 atom stereocenters. The normalized spacial score (nSPS) is 11.1. The van der Waals surface area contributed by atoms with E-state index in [2.05, 4.69) is 30.9 Å². The molecule has 96 valence electrons. The quantitative estimate of drug-likeness (QED) is 0.714. The maximum atomic E-state index is 11.7. The zero-order valence-electron chi connectivity index (χ0n) is 10.8. The molecule has 0 unspecified atom stereocenters. The number of rotatable bonds is 8. The first-order valence-electron chi connectivity index (χ1n) is 6.09. The van der Waals surface area contributed by atoms with Crippen LogP contribution in [0.4, 0.5) is 0 Å². The summed E-state index contributed by atoms with van der Waals surface area (Å²) in [6.07, 6.45) is 2.94. The topological polar surface area (TPSA) is 47.8 Å². The number of carbonyl (C=O) groups is 1. The SMILES string of the molecule is CCCn1ncnc1CC(=O)CSCC(C)C. The summed E-state index contributed by atoms with van der Waals surface area (Å²) >= 11 is 1.70. The van der Waals surface area contributed by atoms with E-state index in [1.54, 1.807) is 11.8 Å². The average Bonchev–Trinajstić information content (AvgIpc) is 2.66. The zero-order chi connectivity index (χ0) is 12.7. The van der Waals surface area contributed by atoms with E-state index in [1.807, 2.05) is 4.68 Å². The first-order valence-corrected chi connectivity index (χ1v) is 7.25. The number of hydrogen-bond acceptors (Lipinski definition) is 4. The molecule has 0 bridgehead atoms. The Kier molecular flexibility index (Phi) is 6.26. The Hall–Kier alpha value is -0.840. The Morgan fingerprint density at radius 3 is 2.94 bits per heavy atom. The van der Waals surface area contributed by atoms with Gasteiger partial charge in [0, 0.05) is 6.54 Å². The molecule has 1 aromatic heterocycles.